The monoisotopic (exact) mass is 597 g/mol. The van der Waals surface area contributed by atoms with Crippen LogP contribution in [0.25, 0.3) is 27.8 Å². The molecule has 7 rings (SSSR count). The van der Waals surface area contributed by atoms with Crippen molar-refractivity contribution in [3.8, 4) is 0 Å². The molecule has 3 heterocycles. The van der Waals surface area contributed by atoms with Gasteiger partial charge in [-0.15, -0.1) is 0 Å². The first kappa shape index (κ1) is 27.8. The van der Waals surface area contributed by atoms with Crippen molar-refractivity contribution in [2.24, 2.45) is 4.99 Å². The number of carbonyl (C=O) groups is 1. The highest BCUT2D eigenvalue weighted by atomic mass is 32.1. The van der Waals surface area contributed by atoms with Gasteiger partial charge in [-0.1, -0.05) is 102 Å². The van der Waals surface area contributed by atoms with Crippen molar-refractivity contribution in [2.75, 3.05) is 6.61 Å². The van der Waals surface area contributed by atoms with E-state index in [1.54, 1.807) is 11.5 Å². The Kier molecular flexibility index (Phi) is 7.10. The average molecular weight is 598 g/mol. The second-order valence-electron chi connectivity index (χ2n) is 11.1. The number of aryl methyl sites for hydroxylation is 1. The number of nitrogens with zero attached hydrogens (tertiary/aromatic N) is 3. The maximum Gasteiger partial charge on any atom is 0.338 e. The Morgan fingerprint density at radius 1 is 0.932 bits per heavy atom. The molecule has 0 saturated carbocycles. The van der Waals surface area contributed by atoms with E-state index in [1.807, 2.05) is 56.3 Å². The Morgan fingerprint density at radius 2 is 1.66 bits per heavy atom. The predicted octanol–water partition coefficient (Wildman–Crippen LogP) is 6.26. The second-order valence-corrected chi connectivity index (χ2v) is 12.1. The molecule has 0 radical (unpaired) electrons. The molecule has 7 heteroatoms. The quantitative estimate of drug-likeness (QED) is 0.213. The van der Waals surface area contributed by atoms with Crippen molar-refractivity contribution >= 4 is 45.1 Å². The lowest BCUT2D eigenvalue weighted by atomic mass is 9.95. The minimum Gasteiger partial charge on any atom is -0.463 e. The number of fused-ring (bicyclic) bond motifs is 3. The molecule has 1 aliphatic heterocycles. The molecule has 2 aromatic heterocycles. The summed E-state index contributed by atoms with van der Waals surface area (Å²) < 4.78 is 9.89. The normalized spacial score (nSPS) is 15.1. The lowest BCUT2D eigenvalue weighted by Crippen LogP contribution is -2.39. The van der Waals surface area contributed by atoms with E-state index in [-0.39, 0.29) is 12.2 Å². The molecule has 0 amide bonds. The maximum absolute atomic E-state index is 14.2. The molecule has 44 heavy (non-hydrogen) atoms. The molecule has 0 N–H and O–H groups in total. The minimum atomic E-state index is -0.624. The summed E-state index contributed by atoms with van der Waals surface area (Å²) in [6.07, 6.45) is 4.08. The number of carbonyl (C=O) groups excluding carboxylic acids is 1. The first-order valence-corrected chi connectivity index (χ1v) is 15.6. The molecule has 4 aromatic carbocycles. The number of hydrogen-bond acceptors (Lipinski definition) is 5. The number of allylic oxidation sites excluding steroid dienone is 1. The fourth-order valence-corrected chi connectivity index (χ4v) is 7.17. The Bertz CT molecular complexity index is 2280. The SMILES string of the molecule is CCOC(=O)C1=C(C)N=c2s/c(=C\c3cn(Cc4cccc5ccccc45)c4ccccc34)c(=O)n2[C@@H]1c1ccc(C)cc1. The number of rotatable bonds is 6. The summed E-state index contributed by atoms with van der Waals surface area (Å²) in [5.41, 5.74) is 5.99. The molecule has 218 valence electrons. The molecule has 6 nitrogen and oxygen atoms in total. The van der Waals surface area contributed by atoms with Crippen molar-refractivity contribution in [3.63, 3.8) is 0 Å². The predicted molar refractivity (Wildman–Crippen MR) is 177 cm³/mol. The smallest absolute Gasteiger partial charge is 0.338 e. The van der Waals surface area contributed by atoms with Crippen molar-refractivity contribution in [2.45, 2.75) is 33.4 Å². The van der Waals surface area contributed by atoms with Gasteiger partial charge in [-0.3, -0.25) is 9.36 Å². The first-order chi connectivity index (χ1) is 21.4. The van der Waals surface area contributed by atoms with Crippen LogP contribution in [0.4, 0.5) is 0 Å². The fourth-order valence-electron chi connectivity index (χ4n) is 6.13. The van der Waals surface area contributed by atoms with Gasteiger partial charge in [0, 0.05) is 29.2 Å². The molecule has 0 unspecified atom stereocenters. The van der Waals surface area contributed by atoms with Crippen LogP contribution in [0.1, 0.15) is 42.1 Å². The summed E-state index contributed by atoms with van der Waals surface area (Å²) >= 11 is 1.35. The van der Waals surface area contributed by atoms with Gasteiger partial charge in [-0.25, -0.2) is 9.79 Å². The highest BCUT2D eigenvalue weighted by molar-refractivity contribution is 7.07. The molecule has 0 fully saturated rings. The van der Waals surface area contributed by atoms with Crippen molar-refractivity contribution in [1.29, 1.82) is 0 Å². The van der Waals surface area contributed by atoms with Crippen LogP contribution in [0.5, 0.6) is 0 Å². The first-order valence-electron chi connectivity index (χ1n) is 14.7. The summed E-state index contributed by atoms with van der Waals surface area (Å²) in [6.45, 7) is 6.54. The Hall–Kier alpha value is -5.01. The minimum absolute atomic E-state index is 0.181. The van der Waals surface area contributed by atoms with Gasteiger partial charge in [0.25, 0.3) is 5.56 Å². The molecular formula is C37H31N3O3S. The van der Waals surface area contributed by atoms with Gasteiger partial charge < -0.3 is 9.30 Å². The zero-order chi connectivity index (χ0) is 30.4. The van der Waals surface area contributed by atoms with Crippen molar-refractivity contribution in [1.82, 2.24) is 9.13 Å². The van der Waals surface area contributed by atoms with Crippen molar-refractivity contribution in [3.05, 3.63) is 150 Å². The molecule has 0 spiro atoms. The lowest BCUT2D eigenvalue weighted by molar-refractivity contribution is -0.139. The van der Waals surface area contributed by atoms with E-state index in [0.717, 1.165) is 27.6 Å². The molecule has 0 saturated heterocycles. The van der Waals surface area contributed by atoms with Crippen LogP contribution in [0, 0.1) is 6.92 Å². The largest absolute Gasteiger partial charge is 0.463 e. The third-order valence-electron chi connectivity index (χ3n) is 8.24. The summed E-state index contributed by atoms with van der Waals surface area (Å²) in [5, 5.41) is 3.51. The molecule has 0 bridgehead atoms. The molecule has 0 aliphatic carbocycles. The van der Waals surface area contributed by atoms with Crippen LogP contribution in [-0.2, 0) is 16.1 Å². The van der Waals surface area contributed by atoms with E-state index in [4.69, 9.17) is 9.73 Å². The summed E-state index contributed by atoms with van der Waals surface area (Å²) in [6, 6.07) is 30.4. The standard InChI is InChI=1S/C37H31N3O3S/c1-4-43-36(42)33-24(3)38-37-40(34(33)26-18-16-23(2)17-19-26)35(41)32(44-37)20-28-22-39(31-15-8-7-14-30(28)31)21-27-12-9-11-25-10-5-6-13-29(25)27/h5-20,22,34H,4,21H2,1-3H3/b32-20-/t34-/m1/s1. The molecule has 1 aliphatic rings. The zero-order valence-corrected chi connectivity index (χ0v) is 25.6. The van der Waals surface area contributed by atoms with Crippen LogP contribution in [0.2, 0.25) is 0 Å². The number of benzene rings is 4. The Morgan fingerprint density at radius 3 is 2.45 bits per heavy atom. The zero-order valence-electron chi connectivity index (χ0n) is 24.8. The van der Waals surface area contributed by atoms with Gasteiger partial charge in [0.1, 0.15) is 0 Å². The molecule has 6 aromatic rings. The second kappa shape index (κ2) is 11.2. The van der Waals surface area contributed by atoms with Gasteiger partial charge >= 0.3 is 5.97 Å². The summed E-state index contributed by atoms with van der Waals surface area (Å²) in [4.78, 5) is 32.7. The number of hydrogen-bond donors (Lipinski definition) is 0. The van der Waals surface area contributed by atoms with Gasteiger partial charge in [0.05, 0.1) is 28.5 Å². The van der Waals surface area contributed by atoms with Gasteiger partial charge in [-0.2, -0.15) is 0 Å². The summed E-state index contributed by atoms with van der Waals surface area (Å²) in [7, 11) is 0. The fraction of sp³-hybridized carbons (Fsp3) is 0.162. The van der Waals surface area contributed by atoms with Crippen LogP contribution in [0.15, 0.2) is 118 Å². The number of ether oxygens (including phenoxy) is 1. The number of aromatic nitrogens is 2. The highest BCUT2D eigenvalue weighted by Crippen LogP contribution is 2.31. The van der Waals surface area contributed by atoms with Gasteiger partial charge in [-0.05, 0) is 54.8 Å². The Balaban J connectivity index is 1.38. The lowest BCUT2D eigenvalue weighted by Gasteiger charge is -2.24. The summed E-state index contributed by atoms with van der Waals surface area (Å²) in [5.74, 6) is -0.454. The van der Waals surface area contributed by atoms with E-state index in [2.05, 4.69) is 65.4 Å². The van der Waals surface area contributed by atoms with E-state index in [9.17, 15) is 9.59 Å². The number of para-hydroxylation sites is 1. The van der Waals surface area contributed by atoms with E-state index >= 15 is 0 Å². The van der Waals surface area contributed by atoms with E-state index in [1.165, 1.54) is 27.7 Å². The maximum atomic E-state index is 14.2. The topological polar surface area (TPSA) is 65.6 Å². The van der Waals surface area contributed by atoms with E-state index < -0.39 is 12.0 Å². The molecular weight excluding hydrogens is 566 g/mol. The van der Waals surface area contributed by atoms with Crippen molar-refractivity contribution < 1.29 is 9.53 Å². The van der Waals surface area contributed by atoms with Crippen LogP contribution in [-0.4, -0.2) is 21.7 Å². The Labute approximate surface area is 258 Å². The number of thiazole rings is 1. The highest BCUT2D eigenvalue weighted by Gasteiger charge is 2.33. The van der Waals surface area contributed by atoms with Crippen LogP contribution in [0.3, 0.4) is 0 Å². The third-order valence-corrected chi connectivity index (χ3v) is 9.22. The average Bonchev–Trinajstić information content (AvgIpc) is 3.53. The third kappa shape index (κ3) is 4.79. The van der Waals surface area contributed by atoms with Gasteiger partial charge in [0.15, 0.2) is 4.80 Å². The van der Waals surface area contributed by atoms with Gasteiger partial charge in [0.2, 0.25) is 0 Å². The molecule has 1 atom stereocenters. The van der Waals surface area contributed by atoms with Crippen LogP contribution < -0.4 is 14.9 Å². The van der Waals surface area contributed by atoms with Crippen LogP contribution >= 0.6 is 11.3 Å². The number of esters is 1. The van der Waals surface area contributed by atoms with E-state index in [0.29, 0.717) is 27.1 Å².